The van der Waals surface area contributed by atoms with Crippen LogP contribution in [0.4, 0.5) is 0 Å². The first kappa shape index (κ1) is 12.2. The van der Waals surface area contributed by atoms with Gasteiger partial charge in [0.25, 0.3) is 0 Å². The minimum Gasteiger partial charge on any atom is -0.211 e. The maximum Gasteiger partial charge on any atom is 0.234 e. The predicted octanol–water partition coefficient (Wildman–Crippen LogP) is 2.10. The van der Waals surface area contributed by atoms with Gasteiger partial charge in [0.2, 0.25) is 12.2 Å². The minimum absolute atomic E-state index is 0.584. The molecule has 0 saturated heterocycles. The van der Waals surface area contributed by atoms with Crippen LogP contribution in [0, 0.1) is 23.7 Å². The van der Waals surface area contributed by atoms with E-state index in [2.05, 4.69) is 9.98 Å². The van der Waals surface area contributed by atoms with E-state index in [-0.39, 0.29) is 0 Å². The molecule has 0 aliphatic heterocycles. The number of fused-ring (bicyclic) bond motifs is 3. The summed E-state index contributed by atoms with van der Waals surface area (Å²) in [6.45, 7) is 1.28. The topological polar surface area (TPSA) is 58.9 Å². The van der Waals surface area contributed by atoms with Crippen molar-refractivity contribution in [2.75, 3.05) is 13.1 Å². The van der Waals surface area contributed by atoms with E-state index in [9.17, 15) is 9.59 Å². The van der Waals surface area contributed by atoms with E-state index in [0.717, 1.165) is 12.3 Å². The van der Waals surface area contributed by atoms with Gasteiger partial charge in [0.15, 0.2) is 0 Å². The summed E-state index contributed by atoms with van der Waals surface area (Å²) in [4.78, 5) is 27.6. The molecule has 4 heteroatoms. The molecule has 0 aromatic heterocycles. The standard InChI is InChI=1S/C13H18N2O2/c16-8-14-4-3-12-5-11-2-1-10(12)6-13(11)7-15-9-17/h10-13H,1-7H2. The summed E-state index contributed by atoms with van der Waals surface area (Å²) in [5, 5.41) is 0. The van der Waals surface area contributed by atoms with E-state index in [1.54, 1.807) is 12.2 Å². The number of rotatable bonds is 5. The summed E-state index contributed by atoms with van der Waals surface area (Å²) >= 11 is 0. The van der Waals surface area contributed by atoms with Gasteiger partial charge < -0.3 is 0 Å². The van der Waals surface area contributed by atoms with Gasteiger partial charge in [0.1, 0.15) is 0 Å². The average molecular weight is 234 g/mol. The Kier molecular flexibility index (Phi) is 4.24. The van der Waals surface area contributed by atoms with Crippen molar-refractivity contribution < 1.29 is 9.59 Å². The molecular formula is C13H18N2O2. The number of carbonyl (C=O) groups excluding carboxylic acids is 2. The first-order valence-corrected chi connectivity index (χ1v) is 6.42. The summed E-state index contributed by atoms with van der Waals surface area (Å²) in [6.07, 6.45) is 9.24. The van der Waals surface area contributed by atoms with Gasteiger partial charge in [-0.2, -0.15) is 0 Å². The number of hydrogen-bond donors (Lipinski definition) is 0. The van der Waals surface area contributed by atoms with Gasteiger partial charge in [-0.15, -0.1) is 0 Å². The fourth-order valence-corrected chi connectivity index (χ4v) is 3.69. The summed E-state index contributed by atoms with van der Waals surface area (Å²) in [6, 6.07) is 0. The smallest absolute Gasteiger partial charge is 0.211 e. The molecule has 0 aromatic carbocycles. The summed E-state index contributed by atoms with van der Waals surface area (Å²) in [5.41, 5.74) is 0. The molecule has 3 rings (SSSR count). The molecule has 4 nitrogen and oxygen atoms in total. The predicted molar refractivity (Wildman–Crippen MR) is 63.0 cm³/mol. The molecule has 3 aliphatic carbocycles. The Morgan fingerprint density at radius 3 is 2.18 bits per heavy atom. The second kappa shape index (κ2) is 5.90. The molecular weight excluding hydrogens is 216 g/mol. The van der Waals surface area contributed by atoms with E-state index >= 15 is 0 Å². The molecule has 0 N–H and O–H groups in total. The number of aliphatic imine (C=N–C) groups is 2. The Morgan fingerprint density at radius 1 is 0.941 bits per heavy atom. The van der Waals surface area contributed by atoms with Gasteiger partial charge in [-0.3, -0.25) is 0 Å². The molecule has 17 heavy (non-hydrogen) atoms. The minimum atomic E-state index is 0.584. The third-order valence-corrected chi connectivity index (χ3v) is 4.52. The Hall–Kier alpha value is -1.24. The van der Waals surface area contributed by atoms with Crippen molar-refractivity contribution in [3.8, 4) is 0 Å². The second-order valence-corrected chi connectivity index (χ2v) is 5.28. The first-order chi connectivity index (χ1) is 8.35. The Balaban J connectivity index is 1.87. The van der Waals surface area contributed by atoms with Crippen molar-refractivity contribution in [2.24, 2.45) is 33.7 Å². The molecule has 0 heterocycles. The SMILES string of the molecule is O=C=NCCC1CC2CCC1CC2CN=C=O. The molecule has 0 aromatic rings. The van der Waals surface area contributed by atoms with Crippen LogP contribution in [-0.2, 0) is 9.59 Å². The van der Waals surface area contributed by atoms with Gasteiger partial charge in [-0.1, -0.05) is 0 Å². The van der Waals surface area contributed by atoms with Crippen molar-refractivity contribution in [1.82, 2.24) is 0 Å². The number of isocyanates is 2. The molecule has 3 fully saturated rings. The molecule has 0 spiro atoms. The van der Waals surface area contributed by atoms with Crippen LogP contribution in [0.25, 0.3) is 0 Å². The van der Waals surface area contributed by atoms with Crippen LogP contribution in [0.3, 0.4) is 0 Å². The molecule has 4 atom stereocenters. The highest BCUT2D eigenvalue weighted by molar-refractivity contribution is 5.33. The quantitative estimate of drug-likeness (QED) is 0.540. The molecule has 3 aliphatic rings. The first-order valence-electron chi connectivity index (χ1n) is 6.42. The van der Waals surface area contributed by atoms with Gasteiger partial charge in [0, 0.05) is 0 Å². The molecule has 0 amide bonds. The summed E-state index contributed by atoms with van der Waals surface area (Å²) in [7, 11) is 0. The van der Waals surface area contributed by atoms with E-state index in [1.807, 2.05) is 0 Å². The van der Waals surface area contributed by atoms with Crippen molar-refractivity contribution >= 4 is 12.2 Å². The van der Waals surface area contributed by atoms with E-state index in [4.69, 9.17) is 0 Å². The van der Waals surface area contributed by atoms with Crippen LogP contribution in [0.2, 0.25) is 0 Å². The fraction of sp³-hybridized carbons (Fsp3) is 0.846. The number of hydrogen-bond acceptors (Lipinski definition) is 4. The van der Waals surface area contributed by atoms with Crippen molar-refractivity contribution in [3.05, 3.63) is 0 Å². The van der Waals surface area contributed by atoms with Crippen molar-refractivity contribution in [2.45, 2.75) is 32.1 Å². The second-order valence-electron chi connectivity index (χ2n) is 5.28. The monoisotopic (exact) mass is 234 g/mol. The normalized spacial score (nSPS) is 34.8. The Labute approximate surface area is 101 Å². The van der Waals surface area contributed by atoms with Crippen molar-refractivity contribution in [3.63, 3.8) is 0 Å². The lowest BCUT2D eigenvalue weighted by Gasteiger charge is -2.47. The lowest BCUT2D eigenvalue weighted by Crippen LogP contribution is -2.39. The maximum atomic E-state index is 10.2. The average Bonchev–Trinajstić information content (AvgIpc) is 2.38. The lowest BCUT2D eigenvalue weighted by molar-refractivity contribution is 0.0421. The third-order valence-electron chi connectivity index (χ3n) is 4.52. The fourth-order valence-electron chi connectivity index (χ4n) is 3.69. The largest absolute Gasteiger partial charge is 0.234 e. The van der Waals surface area contributed by atoms with Crippen LogP contribution in [-0.4, -0.2) is 25.2 Å². The van der Waals surface area contributed by atoms with E-state index in [0.29, 0.717) is 30.8 Å². The van der Waals surface area contributed by atoms with Crippen molar-refractivity contribution in [1.29, 1.82) is 0 Å². The van der Waals surface area contributed by atoms with Crippen LogP contribution in [0.1, 0.15) is 32.1 Å². The molecule has 0 radical (unpaired) electrons. The summed E-state index contributed by atoms with van der Waals surface area (Å²) in [5.74, 6) is 2.75. The van der Waals surface area contributed by atoms with E-state index in [1.165, 1.54) is 25.7 Å². The zero-order valence-corrected chi connectivity index (χ0v) is 9.97. The zero-order chi connectivity index (χ0) is 12.1. The van der Waals surface area contributed by atoms with Gasteiger partial charge >= 0.3 is 0 Å². The van der Waals surface area contributed by atoms with Crippen LogP contribution >= 0.6 is 0 Å². The zero-order valence-electron chi connectivity index (χ0n) is 9.97. The molecule has 2 bridgehead atoms. The molecule has 3 saturated carbocycles. The van der Waals surface area contributed by atoms with Crippen LogP contribution in [0.5, 0.6) is 0 Å². The summed E-state index contributed by atoms with van der Waals surface area (Å²) < 4.78 is 0. The highest BCUT2D eigenvalue weighted by atomic mass is 16.1. The number of nitrogens with zero attached hydrogens (tertiary/aromatic N) is 2. The molecule has 92 valence electrons. The van der Waals surface area contributed by atoms with E-state index < -0.39 is 0 Å². The molecule has 4 unspecified atom stereocenters. The Bertz CT molecular complexity index is 356. The van der Waals surface area contributed by atoms with Gasteiger partial charge in [-0.05, 0) is 55.8 Å². The van der Waals surface area contributed by atoms with Gasteiger partial charge in [-0.25, -0.2) is 19.6 Å². The van der Waals surface area contributed by atoms with Gasteiger partial charge in [0.05, 0.1) is 13.1 Å². The highest BCUT2D eigenvalue weighted by Gasteiger charge is 2.40. The van der Waals surface area contributed by atoms with Crippen LogP contribution in [0.15, 0.2) is 9.98 Å². The Morgan fingerprint density at radius 2 is 1.59 bits per heavy atom. The highest BCUT2D eigenvalue weighted by Crippen LogP contribution is 2.49. The third kappa shape index (κ3) is 2.91. The maximum absolute atomic E-state index is 10.2. The lowest BCUT2D eigenvalue weighted by atomic mass is 9.59. The van der Waals surface area contributed by atoms with Crippen LogP contribution < -0.4 is 0 Å².